The number of rotatable bonds is 8. The molecule has 2 aromatic rings. The van der Waals surface area contributed by atoms with E-state index in [4.69, 9.17) is 5.73 Å². The van der Waals surface area contributed by atoms with Gasteiger partial charge >= 0.3 is 0 Å². The van der Waals surface area contributed by atoms with Crippen molar-refractivity contribution in [3.63, 3.8) is 0 Å². The second kappa shape index (κ2) is 10.6. The zero-order chi connectivity index (χ0) is 22.4. The molecule has 1 aliphatic rings. The van der Waals surface area contributed by atoms with E-state index < -0.39 is 5.91 Å². The summed E-state index contributed by atoms with van der Waals surface area (Å²) in [5.41, 5.74) is 8.72. The summed E-state index contributed by atoms with van der Waals surface area (Å²) in [6.45, 7) is 10.3. The zero-order valence-corrected chi connectivity index (χ0v) is 19.0. The summed E-state index contributed by atoms with van der Waals surface area (Å²) in [6, 6.07) is 15.3. The number of hydrogen-bond acceptors (Lipinski definition) is 3. The SMILES string of the molecule is Cc1ccc(C(=O)N(Cc2ccc(C(N)=O)cc2)C2CCN(CCC(C)C)CC2)cc1. The summed E-state index contributed by atoms with van der Waals surface area (Å²) in [6.07, 6.45) is 3.17. The van der Waals surface area contributed by atoms with Crippen molar-refractivity contribution in [2.24, 2.45) is 11.7 Å². The quantitative estimate of drug-likeness (QED) is 0.693. The van der Waals surface area contributed by atoms with Gasteiger partial charge in [0.2, 0.25) is 5.91 Å². The predicted molar refractivity (Wildman–Crippen MR) is 125 cm³/mol. The molecule has 0 unspecified atom stereocenters. The number of aryl methyl sites for hydroxylation is 1. The third-order valence-electron chi connectivity index (χ3n) is 6.17. The van der Waals surface area contributed by atoms with E-state index in [1.54, 1.807) is 12.1 Å². The van der Waals surface area contributed by atoms with E-state index in [-0.39, 0.29) is 11.9 Å². The molecule has 5 heteroatoms. The summed E-state index contributed by atoms with van der Waals surface area (Å²) in [5, 5.41) is 0. The highest BCUT2D eigenvalue weighted by molar-refractivity contribution is 5.94. The fourth-order valence-electron chi connectivity index (χ4n) is 4.10. The van der Waals surface area contributed by atoms with E-state index in [0.29, 0.717) is 18.0 Å². The first-order valence-electron chi connectivity index (χ1n) is 11.3. The van der Waals surface area contributed by atoms with Crippen LogP contribution in [0.1, 0.15) is 65.0 Å². The summed E-state index contributed by atoms with van der Waals surface area (Å²) >= 11 is 0. The Morgan fingerprint density at radius 2 is 1.58 bits per heavy atom. The van der Waals surface area contributed by atoms with Crippen molar-refractivity contribution < 1.29 is 9.59 Å². The second-order valence-electron chi connectivity index (χ2n) is 9.12. The smallest absolute Gasteiger partial charge is 0.254 e. The molecule has 1 heterocycles. The largest absolute Gasteiger partial charge is 0.366 e. The van der Waals surface area contributed by atoms with Crippen LogP contribution in [0.2, 0.25) is 0 Å². The molecule has 0 aromatic heterocycles. The molecule has 0 spiro atoms. The summed E-state index contributed by atoms with van der Waals surface area (Å²) in [4.78, 5) is 29.4. The van der Waals surface area contributed by atoms with Crippen LogP contribution < -0.4 is 5.73 Å². The summed E-state index contributed by atoms with van der Waals surface area (Å²) in [5.74, 6) is 0.341. The van der Waals surface area contributed by atoms with Crippen molar-refractivity contribution in [1.29, 1.82) is 0 Å². The van der Waals surface area contributed by atoms with Crippen molar-refractivity contribution in [1.82, 2.24) is 9.80 Å². The molecule has 3 rings (SSSR count). The minimum atomic E-state index is -0.437. The van der Waals surface area contributed by atoms with Crippen molar-refractivity contribution >= 4 is 11.8 Å². The molecule has 2 N–H and O–H groups in total. The van der Waals surface area contributed by atoms with Crippen LogP contribution in [-0.2, 0) is 6.54 Å². The molecule has 2 amide bonds. The van der Waals surface area contributed by atoms with Crippen LogP contribution in [-0.4, -0.2) is 47.3 Å². The topological polar surface area (TPSA) is 66.6 Å². The first kappa shape index (κ1) is 23.0. The number of carbonyl (C=O) groups excluding carboxylic acids is 2. The Morgan fingerprint density at radius 3 is 2.13 bits per heavy atom. The Kier molecular flexibility index (Phi) is 7.85. The monoisotopic (exact) mass is 421 g/mol. The minimum Gasteiger partial charge on any atom is -0.366 e. The van der Waals surface area contributed by atoms with Gasteiger partial charge in [0.25, 0.3) is 5.91 Å². The van der Waals surface area contributed by atoms with Crippen molar-refractivity contribution in [2.75, 3.05) is 19.6 Å². The highest BCUT2D eigenvalue weighted by Crippen LogP contribution is 2.23. The number of nitrogens with zero attached hydrogens (tertiary/aromatic N) is 2. The Morgan fingerprint density at radius 1 is 1.00 bits per heavy atom. The maximum Gasteiger partial charge on any atom is 0.254 e. The van der Waals surface area contributed by atoms with Gasteiger partial charge in [0.05, 0.1) is 0 Å². The number of nitrogens with two attached hydrogens (primary N) is 1. The van der Waals surface area contributed by atoms with Gasteiger partial charge < -0.3 is 15.5 Å². The van der Waals surface area contributed by atoms with Gasteiger partial charge in [-0.3, -0.25) is 9.59 Å². The molecule has 5 nitrogen and oxygen atoms in total. The maximum absolute atomic E-state index is 13.5. The van der Waals surface area contributed by atoms with E-state index in [2.05, 4.69) is 18.7 Å². The van der Waals surface area contributed by atoms with Crippen LogP contribution in [0, 0.1) is 12.8 Å². The van der Waals surface area contributed by atoms with Gasteiger partial charge in [-0.05, 0) is 68.5 Å². The molecule has 2 aromatic carbocycles. The molecule has 166 valence electrons. The number of hydrogen-bond donors (Lipinski definition) is 1. The zero-order valence-electron chi connectivity index (χ0n) is 19.0. The number of benzene rings is 2. The minimum absolute atomic E-state index is 0.0691. The number of primary amides is 1. The standard InChI is InChI=1S/C26H35N3O2/c1-19(2)12-15-28-16-13-24(14-17-28)29(26(31)23-8-4-20(3)5-9-23)18-21-6-10-22(11-7-21)25(27)30/h4-11,19,24H,12-18H2,1-3H3,(H2,27,30). The lowest BCUT2D eigenvalue weighted by Crippen LogP contribution is -2.47. The van der Waals surface area contributed by atoms with Crippen LogP contribution in [0.25, 0.3) is 0 Å². The maximum atomic E-state index is 13.5. The molecular formula is C26H35N3O2. The lowest BCUT2D eigenvalue weighted by Gasteiger charge is -2.39. The van der Waals surface area contributed by atoms with Gasteiger partial charge in [0.15, 0.2) is 0 Å². The molecule has 0 atom stereocenters. The molecule has 0 aliphatic carbocycles. The van der Waals surface area contributed by atoms with Gasteiger partial charge in [-0.25, -0.2) is 0 Å². The fraction of sp³-hybridized carbons (Fsp3) is 0.462. The van der Waals surface area contributed by atoms with Gasteiger partial charge in [0.1, 0.15) is 0 Å². The van der Waals surface area contributed by atoms with Crippen LogP contribution in [0.3, 0.4) is 0 Å². The van der Waals surface area contributed by atoms with Crippen LogP contribution in [0.15, 0.2) is 48.5 Å². The number of carbonyl (C=O) groups is 2. The molecule has 1 saturated heterocycles. The number of piperidine rings is 1. The lowest BCUT2D eigenvalue weighted by atomic mass is 9.99. The average molecular weight is 422 g/mol. The molecular weight excluding hydrogens is 386 g/mol. The average Bonchev–Trinajstić information content (AvgIpc) is 2.77. The molecule has 0 saturated carbocycles. The van der Waals surface area contributed by atoms with Gasteiger partial charge in [-0.2, -0.15) is 0 Å². The van der Waals surface area contributed by atoms with Gasteiger partial charge in [0, 0.05) is 36.8 Å². The first-order chi connectivity index (χ1) is 14.8. The number of amides is 2. The Labute approximate surface area is 186 Å². The third-order valence-corrected chi connectivity index (χ3v) is 6.17. The van der Waals surface area contributed by atoms with E-state index in [0.717, 1.165) is 49.2 Å². The van der Waals surface area contributed by atoms with Crippen LogP contribution >= 0.6 is 0 Å². The third kappa shape index (κ3) is 6.41. The van der Waals surface area contributed by atoms with Crippen molar-refractivity contribution in [2.45, 2.75) is 52.6 Å². The summed E-state index contributed by atoms with van der Waals surface area (Å²) < 4.78 is 0. The molecule has 1 aliphatic heterocycles. The second-order valence-corrected chi connectivity index (χ2v) is 9.12. The normalized spacial score (nSPS) is 15.2. The van der Waals surface area contributed by atoms with Crippen molar-refractivity contribution in [3.8, 4) is 0 Å². The van der Waals surface area contributed by atoms with Crippen LogP contribution in [0.5, 0.6) is 0 Å². The highest BCUT2D eigenvalue weighted by Gasteiger charge is 2.28. The van der Waals surface area contributed by atoms with E-state index in [1.165, 1.54) is 6.42 Å². The van der Waals surface area contributed by atoms with Crippen LogP contribution in [0.4, 0.5) is 0 Å². The van der Waals surface area contributed by atoms with Crippen molar-refractivity contribution in [3.05, 3.63) is 70.8 Å². The van der Waals surface area contributed by atoms with E-state index >= 15 is 0 Å². The predicted octanol–water partition coefficient (Wildman–Crippen LogP) is 4.25. The van der Waals surface area contributed by atoms with E-state index in [9.17, 15) is 9.59 Å². The molecule has 1 fully saturated rings. The van der Waals surface area contributed by atoms with E-state index in [1.807, 2.05) is 48.2 Å². The first-order valence-corrected chi connectivity index (χ1v) is 11.3. The molecule has 0 bridgehead atoms. The lowest BCUT2D eigenvalue weighted by molar-refractivity contribution is 0.0546. The highest BCUT2D eigenvalue weighted by atomic mass is 16.2. The Bertz CT molecular complexity index is 867. The fourth-order valence-corrected chi connectivity index (χ4v) is 4.10. The Hall–Kier alpha value is -2.66. The number of likely N-dealkylation sites (tertiary alicyclic amines) is 1. The van der Waals surface area contributed by atoms with Gasteiger partial charge in [-0.1, -0.05) is 43.7 Å². The van der Waals surface area contributed by atoms with Gasteiger partial charge in [-0.15, -0.1) is 0 Å². The molecule has 0 radical (unpaired) electrons. The Balaban J connectivity index is 1.75. The summed E-state index contributed by atoms with van der Waals surface area (Å²) in [7, 11) is 0. The molecule has 31 heavy (non-hydrogen) atoms.